The van der Waals surface area contributed by atoms with E-state index in [1.54, 1.807) is 25.1 Å². The van der Waals surface area contributed by atoms with Crippen molar-refractivity contribution in [1.29, 1.82) is 0 Å². The standard InChI is InChI=1S/C14H22N2O3S/c1-4-20(18,19)13-8-6-5-7-12(13)16-14(17)11(9-15)10(2)3/h5-8,10-11H,4,9,15H2,1-3H3,(H,16,17). The van der Waals surface area contributed by atoms with Gasteiger partial charge in [0.05, 0.1) is 22.3 Å². The lowest BCUT2D eigenvalue weighted by Gasteiger charge is -2.19. The zero-order valence-electron chi connectivity index (χ0n) is 12.1. The van der Waals surface area contributed by atoms with Gasteiger partial charge >= 0.3 is 0 Å². The summed E-state index contributed by atoms with van der Waals surface area (Å²) in [6.07, 6.45) is 0. The van der Waals surface area contributed by atoms with Crippen LogP contribution in [0, 0.1) is 11.8 Å². The number of hydrogen-bond donors (Lipinski definition) is 2. The van der Waals surface area contributed by atoms with E-state index in [4.69, 9.17) is 5.73 Å². The van der Waals surface area contributed by atoms with Gasteiger partial charge in [-0.05, 0) is 18.1 Å². The van der Waals surface area contributed by atoms with Crippen LogP contribution in [0.1, 0.15) is 20.8 Å². The van der Waals surface area contributed by atoms with E-state index in [0.717, 1.165) is 0 Å². The number of hydrogen-bond acceptors (Lipinski definition) is 4. The minimum atomic E-state index is -3.37. The summed E-state index contributed by atoms with van der Waals surface area (Å²) in [6.45, 7) is 5.62. The summed E-state index contributed by atoms with van der Waals surface area (Å²) in [5.74, 6) is -0.506. The molecule has 0 heterocycles. The highest BCUT2D eigenvalue weighted by Gasteiger charge is 2.23. The van der Waals surface area contributed by atoms with E-state index in [1.807, 2.05) is 13.8 Å². The molecule has 1 amide bonds. The minimum absolute atomic E-state index is 0.00954. The first-order valence-corrected chi connectivity index (χ1v) is 8.31. The van der Waals surface area contributed by atoms with Crippen molar-refractivity contribution in [2.24, 2.45) is 17.6 Å². The highest BCUT2D eigenvalue weighted by atomic mass is 32.2. The summed E-state index contributed by atoms with van der Waals surface area (Å²) in [5, 5.41) is 2.69. The Balaban J connectivity index is 3.08. The Labute approximate surface area is 120 Å². The Hall–Kier alpha value is -1.40. The van der Waals surface area contributed by atoms with Gasteiger partial charge in [-0.15, -0.1) is 0 Å². The lowest BCUT2D eigenvalue weighted by molar-refractivity contribution is -0.120. The zero-order valence-corrected chi connectivity index (χ0v) is 12.9. The normalized spacial score (nSPS) is 13.2. The number of carbonyl (C=O) groups is 1. The molecule has 112 valence electrons. The van der Waals surface area contributed by atoms with Crippen LogP contribution in [0.2, 0.25) is 0 Å². The number of nitrogens with two attached hydrogens (primary N) is 1. The van der Waals surface area contributed by atoms with Crippen LogP contribution in [0.5, 0.6) is 0 Å². The van der Waals surface area contributed by atoms with Crippen LogP contribution in [-0.4, -0.2) is 26.6 Å². The average molecular weight is 298 g/mol. The maximum Gasteiger partial charge on any atom is 0.229 e. The molecule has 1 aromatic rings. The van der Waals surface area contributed by atoms with Gasteiger partial charge in [-0.2, -0.15) is 0 Å². The highest BCUT2D eigenvalue weighted by Crippen LogP contribution is 2.23. The summed E-state index contributed by atoms with van der Waals surface area (Å²) < 4.78 is 24.0. The molecule has 0 aliphatic heterocycles. The van der Waals surface area contributed by atoms with Gasteiger partial charge in [0, 0.05) is 6.54 Å². The maximum absolute atomic E-state index is 12.2. The molecule has 0 bridgehead atoms. The fourth-order valence-corrected chi connectivity index (χ4v) is 2.96. The second-order valence-electron chi connectivity index (χ2n) is 4.98. The van der Waals surface area contributed by atoms with Gasteiger partial charge in [0.1, 0.15) is 0 Å². The Morgan fingerprint density at radius 2 is 1.90 bits per heavy atom. The van der Waals surface area contributed by atoms with Gasteiger partial charge < -0.3 is 11.1 Å². The molecule has 1 atom stereocenters. The van der Waals surface area contributed by atoms with E-state index in [2.05, 4.69) is 5.32 Å². The summed E-state index contributed by atoms with van der Waals surface area (Å²) in [6, 6.07) is 6.42. The van der Waals surface area contributed by atoms with Crippen LogP contribution in [0.15, 0.2) is 29.2 Å². The molecule has 0 aromatic heterocycles. The van der Waals surface area contributed by atoms with E-state index in [-0.39, 0.29) is 34.9 Å². The van der Waals surface area contributed by atoms with Crippen molar-refractivity contribution in [2.45, 2.75) is 25.7 Å². The molecule has 5 nitrogen and oxygen atoms in total. The van der Waals surface area contributed by atoms with E-state index in [9.17, 15) is 13.2 Å². The van der Waals surface area contributed by atoms with E-state index < -0.39 is 9.84 Å². The molecular weight excluding hydrogens is 276 g/mol. The maximum atomic E-state index is 12.2. The molecule has 1 unspecified atom stereocenters. The molecule has 1 aromatic carbocycles. The van der Waals surface area contributed by atoms with Crippen molar-refractivity contribution in [3.8, 4) is 0 Å². The van der Waals surface area contributed by atoms with Gasteiger partial charge in [0.15, 0.2) is 9.84 Å². The third-order valence-electron chi connectivity index (χ3n) is 3.26. The molecular formula is C14H22N2O3S. The van der Waals surface area contributed by atoms with Crippen LogP contribution in [0.3, 0.4) is 0 Å². The van der Waals surface area contributed by atoms with Crippen molar-refractivity contribution in [1.82, 2.24) is 0 Å². The van der Waals surface area contributed by atoms with Crippen molar-refractivity contribution < 1.29 is 13.2 Å². The summed E-state index contributed by atoms with van der Waals surface area (Å²) in [5.41, 5.74) is 5.92. The van der Waals surface area contributed by atoms with Crippen LogP contribution < -0.4 is 11.1 Å². The molecule has 6 heteroatoms. The Morgan fingerprint density at radius 1 is 1.30 bits per heavy atom. The molecule has 0 saturated carbocycles. The second-order valence-corrected chi connectivity index (χ2v) is 7.22. The summed E-state index contributed by atoms with van der Waals surface area (Å²) in [4.78, 5) is 12.3. The van der Waals surface area contributed by atoms with Crippen molar-refractivity contribution in [2.75, 3.05) is 17.6 Å². The van der Waals surface area contributed by atoms with E-state index in [1.165, 1.54) is 6.07 Å². The summed E-state index contributed by atoms with van der Waals surface area (Å²) in [7, 11) is -3.37. The number of carbonyl (C=O) groups excluding carboxylic acids is 1. The van der Waals surface area contributed by atoms with Crippen LogP contribution >= 0.6 is 0 Å². The van der Waals surface area contributed by atoms with Crippen molar-refractivity contribution >= 4 is 21.4 Å². The van der Waals surface area contributed by atoms with Crippen LogP contribution in [0.25, 0.3) is 0 Å². The molecule has 1 rings (SSSR count). The summed E-state index contributed by atoms with van der Waals surface area (Å²) >= 11 is 0. The Bertz CT molecular complexity index is 568. The molecule has 0 radical (unpaired) electrons. The number of nitrogens with one attached hydrogen (secondary N) is 1. The van der Waals surface area contributed by atoms with Crippen molar-refractivity contribution in [3.05, 3.63) is 24.3 Å². The minimum Gasteiger partial charge on any atom is -0.330 e. The first kappa shape index (κ1) is 16.7. The highest BCUT2D eigenvalue weighted by molar-refractivity contribution is 7.91. The number of anilines is 1. The molecule has 0 spiro atoms. The lowest BCUT2D eigenvalue weighted by Crippen LogP contribution is -2.33. The Kier molecular flexibility index (Phi) is 5.71. The van der Waals surface area contributed by atoms with Crippen LogP contribution in [0.4, 0.5) is 5.69 Å². The molecule has 0 aliphatic carbocycles. The first-order valence-electron chi connectivity index (χ1n) is 6.66. The smallest absolute Gasteiger partial charge is 0.229 e. The van der Waals surface area contributed by atoms with E-state index >= 15 is 0 Å². The van der Waals surface area contributed by atoms with E-state index in [0.29, 0.717) is 5.69 Å². The van der Waals surface area contributed by atoms with Gasteiger partial charge in [-0.1, -0.05) is 32.9 Å². The lowest BCUT2D eigenvalue weighted by atomic mass is 9.95. The predicted octanol–water partition coefficient (Wildman–Crippen LogP) is 1.65. The quantitative estimate of drug-likeness (QED) is 0.835. The van der Waals surface area contributed by atoms with Gasteiger partial charge in [0.25, 0.3) is 0 Å². The predicted molar refractivity (Wildman–Crippen MR) is 80.2 cm³/mol. The average Bonchev–Trinajstić information content (AvgIpc) is 2.39. The third-order valence-corrected chi connectivity index (χ3v) is 5.04. The second kappa shape index (κ2) is 6.85. The van der Waals surface area contributed by atoms with Crippen molar-refractivity contribution in [3.63, 3.8) is 0 Å². The topological polar surface area (TPSA) is 89.3 Å². The molecule has 20 heavy (non-hydrogen) atoms. The van der Waals surface area contributed by atoms with Crippen LogP contribution in [-0.2, 0) is 14.6 Å². The SMILES string of the molecule is CCS(=O)(=O)c1ccccc1NC(=O)C(CN)C(C)C. The molecule has 0 aliphatic rings. The first-order chi connectivity index (χ1) is 9.33. The monoisotopic (exact) mass is 298 g/mol. The number of sulfone groups is 1. The fraction of sp³-hybridized carbons (Fsp3) is 0.500. The molecule has 3 N–H and O–H groups in total. The molecule has 0 saturated heterocycles. The number of benzene rings is 1. The largest absolute Gasteiger partial charge is 0.330 e. The van der Waals surface area contributed by atoms with Gasteiger partial charge in [-0.3, -0.25) is 4.79 Å². The Morgan fingerprint density at radius 3 is 2.40 bits per heavy atom. The third kappa shape index (κ3) is 3.80. The fourth-order valence-electron chi connectivity index (χ4n) is 1.90. The van der Waals surface area contributed by atoms with Gasteiger partial charge in [-0.25, -0.2) is 8.42 Å². The number of rotatable bonds is 6. The number of para-hydroxylation sites is 1. The number of amides is 1. The molecule has 0 fully saturated rings. The van der Waals surface area contributed by atoms with Gasteiger partial charge in [0.2, 0.25) is 5.91 Å². The zero-order chi connectivity index (χ0) is 15.3.